The van der Waals surface area contributed by atoms with Crippen LogP contribution in [0.5, 0.6) is 0 Å². The normalized spacial score (nSPS) is 13.4. The molecule has 0 saturated heterocycles. The van der Waals surface area contributed by atoms with Crippen LogP contribution in [0.1, 0.15) is 4.88 Å². The van der Waals surface area contributed by atoms with Crippen molar-refractivity contribution in [3.63, 3.8) is 0 Å². The second kappa shape index (κ2) is 4.07. The van der Waals surface area contributed by atoms with Crippen LogP contribution in [0.4, 0.5) is 0 Å². The van der Waals surface area contributed by atoms with Gasteiger partial charge >= 0.3 is 0 Å². The lowest BCUT2D eigenvalue weighted by Crippen LogP contribution is -2.21. The Morgan fingerprint density at radius 1 is 1.64 bits per heavy atom. The molecule has 1 rings (SSSR count). The van der Waals surface area contributed by atoms with Gasteiger partial charge in [0, 0.05) is 17.8 Å². The molecular weight excluding hydrogens is 182 g/mol. The summed E-state index contributed by atoms with van der Waals surface area (Å²) >= 11 is 7.17. The summed E-state index contributed by atoms with van der Waals surface area (Å²) in [7, 11) is 0. The average molecular weight is 192 g/mol. The molecule has 1 aromatic heterocycles. The molecule has 2 nitrogen and oxygen atoms in total. The fourth-order valence-corrected chi connectivity index (χ4v) is 1.94. The van der Waals surface area contributed by atoms with Crippen LogP contribution in [0, 0.1) is 0 Å². The summed E-state index contributed by atoms with van der Waals surface area (Å²) < 4.78 is 0.754. The van der Waals surface area contributed by atoms with Crippen LogP contribution in [-0.4, -0.2) is 17.8 Å². The fourth-order valence-electron chi connectivity index (χ4n) is 0.777. The van der Waals surface area contributed by atoms with E-state index in [0.717, 1.165) is 9.21 Å². The molecule has 0 aromatic carbocycles. The van der Waals surface area contributed by atoms with E-state index in [1.807, 2.05) is 12.1 Å². The van der Waals surface area contributed by atoms with E-state index in [2.05, 4.69) is 0 Å². The lowest BCUT2D eigenvalue weighted by Gasteiger charge is -2.03. The molecule has 1 heterocycles. The zero-order valence-electron chi connectivity index (χ0n) is 5.96. The van der Waals surface area contributed by atoms with Crippen LogP contribution >= 0.6 is 22.9 Å². The Kier molecular flexibility index (Phi) is 3.33. The van der Waals surface area contributed by atoms with E-state index < -0.39 is 6.10 Å². The van der Waals surface area contributed by atoms with Crippen molar-refractivity contribution in [2.75, 3.05) is 6.54 Å². The number of hydrogen-bond acceptors (Lipinski definition) is 3. The van der Waals surface area contributed by atoms with Crippen LogP contribution in [0.15, 0.2) is 12.1 Å². The minimum Gasteiger partial charge on any atom is -0.391 e. The zero-order valence-corrected chi connectivity index (χ0v) is 7.53. The summed E-state index contributed by atoms with van der Waals surface area (Å²) in [5, 5.41) is 9.16. The first-order chi connectivity index (χ1) is 5.22. The van der Waals surface area contributed by atoms with Gasteiger partial charge in [0.05, 0.1) is 10.4 Å². The minimum absolute atomic E-state index is 0.301. The molecule has 0 aliphatic rings. The molecule has 4 heteroatoms. The number of nitrogens with two attached hydrogens (primary N) is 1. The van der Waals surface area contributed by atoms with Crippen molar-refractivity contribution in [3.05, 3.63) is 21.3 Å². The van der Waals surface area contributed by atoms with E-state index in [0.29, 0.717) is 13.0 Å². The number of halogens is 1. The quantitative estimate of drug-likeness (QED) is 0.756. The van der Waals surface area contributed by atoms with Crippen molar-refractivity contribution in [3.8, 4) is 0 Å². The lowest BCUT2D eigenvalue weighted by atomic mass is 10.2. The highest BCUT2D eigenvalue weighted by Gasteiger charge is 2.04. The third kappa shape index (κ3) is 2.79. The first kappa shape index (κ1) is 9.00. The van der Waals surface area contributed by atoms with E-state index >= 15 is 0 Å². The SMILES string of the molecule is NCC(O)Cc1ccc(Cl)s1. The van der Waals surface area contributed by atoms with Gasteiger partial charge in [0.2, 0.25) is 0 Å². The molecule has 11 heavy (non-hydrogen) atoms. The smallest absolute Gasteiger partial charge is 0.0931 e. The predicted octanol–water partition coefficient (Wildman–Crippen LogP) is 1.26. The molecule has 0 bridgehead atoms. The van der Waals surface area contributed by atoms with Crippen LogP contribution in [0.3, 0.4) is 0 Å². The second-order valence-corrected chi connectivity index (χ2v) is 4.10. The third-order valence-electron chi connectivity index (χ3n) is 1.34. The number of aliphatic hydroxyl groups excluding tert-OH is 1. The highest BCUT2D eigenvalue weighted by Crippen LogP contribution is 2.22. The largest absolute Gasteiger partial charge is 0.391 e. The van der Waals surface area contributed by atoms with Gasteiger partial charge in [-0.05, 0) is 12.1 Å². The van der Waals surface area contributed by atoms with Gasteiger partial charge in [-0.2, -0.15) is 0 Å². The summed E-state index contributed by atoms with van der Waals surface area (Å²) in [6.07, 6.45) is 0.165. The van der Waals surface area contributed by atoms with Gasteiger partial charge in [0.25, 0.3) is 0 Å². The van der Waals surface area contributed by atoms with Crippen molar-refractivity contribution < 1.29 is 5.11 Å². The Morgan fingerprint density at radius 2 is 2.36 bits per heavy atom. The molecular formula is C7H10ClNOS. The molecule has 0 spiro atoms. The second-order valence-electron chi connectivity index (χ2n) is 2.30. The minimum atomic E-state index is -0.440. The van der Waals surface area contributed by atoms with Crippen LogP contribution < -0.4 is 5.73 Å². The number of hydrogen-bond donors (Lipinski definition) is 2. The van der Waals surface area contributed by atoms with Crippen molar-refractivity contribution in [1.29, 1.82) is 0 Å². The maximum Gasteiger partial charge on any atom is 0.0931 e. The van der Waals surface area contributed by atoms with Crippen molar-refractivity contribution in [1.82, 2.24) is 0 Å². The zero-order chi connectivity index (χ0) is 8.27. The average Bonchev–Trinajstić information content (AvgIpc) is 2.35. The Balaban J connectivity index is 2.50. The predicted molar refractivity (Wildman–Crippen MR) is 48.1 cm³/mol. The van der Waals surface area contributed by atoms with E-state index in [-0.39, 0.29) is 0 Å². The molecule has 0 fully saturated rings. The van der Waals surface area contributed by atoms with Gasteiger partial charge in [-0.15, -0.1) is 11.3 Å². The van der Waals surface area contributed by atoms with Crippen LogP contribution in [-0.2, 0) is 6.42 Å². The van der Waals surface area contributed by atoms with Gasteiger partial charge in [0.15, 0.2) is 0 Å². The van der Waals surface area contributed by atoms with Gasteiger partial charge < -0.3 is 10.8 Å². The highest BCUT2D eigenvalue weighted by molar-refractivity contribution is 7.16. The summed E-state index contributed by atoms with van der Waals surface area (Å²) in [6.45, 7) is 0.301. The molecule has 0 amide bonds. The van der Waals surface area contributed by atoms with Crippen molar-refractivity contribution in [2.24, 2.45) is 5.73 Å². The number of aliphatic hydroxyl groups is 1. The van der Waals surface area contributed by atoms with E-state index in [1.54, 1.807) is 0 Å². The summed E-state index contributed by atoms with van der Waals surface area (Å²) in [4.78, 5) is 1.08. The Morgan fingerprint density at radius 3 is 2.82 bits per heavy atom. The molecule has 62 valence electrons. The topological polar surface area (TPSA) is 46.2 Å². The van der Waals surface area contributed by atoms with E-state index in [4.69, 9.17) is 22.4 Å². The summed E-state index contributed by atoms with van der Waals surface area (Å²) in [5.41, 5.74) is 5.25. The first-order valence-corrected chi connectivity index (χ1v) is 4.54. The molecule has 1 unspecified atom stereocenters. The third-order valence-corrected chi connectivity index (χ3v) is 2.59. The molecule has 0 radical (unpaired) electrons. The van der Waals surface area contributed by atoms with Crippen LogP contribution in [0.25, 0.3) is 0 Å². The number of thiophene rings is 1. The van der Waals surface area contributed by atoms with Gasteiger partial charge in [-0.1, -0.05) is 11.6 Å². The Bertz CT molecular complexity index is 226. The standard InChI is InChI=1S/C7H10ClNOS/c8-7-2-1-6(11-7)3-5(10)4-9/h1-2,5,10H,3-4,9H2. The summed E-state index contributed by atoms with van der Waals surface area (Å²) in [5.74, 6) is 0. The van der Waals surface area contributed by atoms with E-state index in [9.17, 15) is 0 Å². The maximum absolute atomic E-state index is 9.16. The molecule has 1 aromatic rings. The van der Waals surface area contributed by atoms with Crippen molar-refractivity contribution in [2.45, 2.75) is 12.5 Å². The van der Waals surface area contributed by atoms with Gasteiger partial charge in [0.1, 0.15) is 0 Å². The van der Waals surface area contributed by atoms with E-state index in [1.165, 1.54) is 11.3 Å². The number of rotatable bonds is 3. The lowest BCUT2D eigenvalue weighted by molar-refractivity contribution is 0.184. The fraction of sp³-hybridized carbons (Fsp3) is 0.429. The molecule has 0 aliphatic heterocycles. The van der Waals surface area contributed by atoms with Crippen molar-refractivity contribution >= 4 is 22.9 Å². The maximum atomic E-state index is 9.16. The molecule has 0 saturated carbocycles. The molecule has 1 atom stereocenters. The monoisotopic (exact) mass is 191 g/mol. The Labute approximate surface area is 74.6 Å². The van der Waals surface area contributed by atoms with Gasteiger partial charge in [-0.25, -0.2) is 0 Å². The first-order valence-electron chi connectivity index (χ1n) is 3.34. The highest BCUT2D eigenvalue weighted by atomic mass is 35.5. The van der Waals surface area contributed by atoms with Crippen LogP contribution in [0.2, 0.25) is 4.34 Å². The molecule has 3 N–H and O–H groups in total. The van der Waals surface area contributed by atoms with Gasteiger partial charge in [-0.3, -0.25) is 0 Å². The summed E-state index contributed by atoms with van der Waals surface area (Å²) in [6, 6.07) is 3.73. The molecule has 0 aliphatic carbocycles. The Hall–Kier alpha value is -0.0900.